The first-order valence-electron chi connectivity index (χ1n) is 10.1. The Balaban J connectivity index is 1.49. The lowest BCUT2D eigenvalue weighted by Gasteiger charge is -2.07. The molecule has 0 atom stereocenters. The Labute approximate surface area is 178 Å². The van der Waals surface area contributed by atoms with E-state index in [2.05, 4.69) is 44.9 Å². The molecule has 4 rings (SSSR count). The van der Waals surface area contributed by atoms with Crippen LogP contribution in [0.25, 0.3) is 33.5 Å². The molecule has 0 radical (unpaired) electrons. The normalized spacial score (nSPS) is 11.9. The lowest BCUT2D eigenvalue weighted by atomic mass is 10.0. The van der Waals surface area contributed by atoms with Gasteiger partial charge in [-0.1, -0.05) is 48.5 Å². The number of imidazole rings is 1. The molecule has 7 heteroatoms. The molecule has 0 aliphatic carbocycles. The fraction of sp³-hybridized carbons (Fsp3) is 0.208. The van der Waals surface area contributed by atoms with Crippen molar-refractivity contribution in [2.24, 2.45) is 0 Å². The molecule has 1 aromatic heterocycles. The second-order valence-electron chi connectivity index (χ2n) is 7.37. The quantitative estimate of drug-likeness (QED) is 0.356. The Morgan fingerprint density at radius 2 is 1.48 bits per heavy atom. The summed E-state index contributed by atoms with van der Waals surface area (Å²) >= 11 is 0. The van der Waals surface area contributed by atoms with Crippen molar-refractivity contribution in [2.45, 2.75) is 12.7 Å². The van der Waals surface area contributed by atoms with Gasteiger partial charge < -0.3 is 15.6 Å². The van der Waals surface area contributed by atoms with Gasteiger partial charge in [0.2, 0.25) is 0 Å². The number of likely N-dealkylation sites (N-methyl/N-ethyl adjacent to an activating group) is 1. The SMILES string of the molecule is CNCCNCc1ccc(-c2ccc(-c3nc4ccc(C(F)(F)F)cc4[nH]3)cc2)cc1. The zero-order valence-electron chi connectivity index (χ0n) is 17.1. The van der Waals surface area contributed by atoms with Crippen molar-refractivity contribution in [2.75, 3.05) is 20.1 Å². The predicted molar refractivity (Wildman–Crippen MR) is 118 cm³/mol. The summed E-state index contributed by atoms with van der Waals surface area (Å²) in [6.07, 6.45) is -4.38. The molecule has 0 saturated heterocycles. The lowest BCUT2D eigenvalue weighted by Crippen LogP contribution is -2.24. The Hall–Kier alpha value is -3.16. The van der Waals surface area contributed by atoms with E-state index in [-0.39, 0.29) is 0 Å². The average Bonchev–Trinajstić information content (AvgIpc) is 3.20. The van der Waals surface area contributed by atoms with Gasteiger partial charge in [0.15, 0.2) is 0 Å². The fourth-order valence-corrected chi connectivity index (χ4v) is 3.40. The second-order valence-corrected chi connectivity index (χ2v) is 7.37. The summed E-state index contributed by atoms with van der Waals surface area (Å²) in [5.74, 6) is 0.545. The van der Waals surface area contributed by atoms with E-state index < -0.39 is 11.7 Å². The van der Waals surface area contributed by atoms with Crippen molar-refractivity contribution < 1.29 is 13.2 Å². The standard InChI is InChI=1S/C24H23F3N4/c1-28-12-13-29-15-16-2-4-17(5-3-16)18-6-8-19(9-7-18)23-30-21-11-10-20(24(25,26)27)14-22(21)31-23/h2-11,14,28-29H,12-13,15H2,1H3,(H,30,31). The Bertz CT molecular complexity index is 1150. The summed E-state index contributed by atoms with van der Waals surface area (Å²) < 4.78 is 38.8. The minimum atomic E-state index is -4.38. The van der Waals surface area contributed by atoms with Gasteiger partial charge in [-0.25, -0.2) is 4.98 Å². The van der Waals surface area contributed by atoms with E-state index in [1.807, 2.05) is 31.3 Å². The maximum absolute atomic E-state index is 12.9. The lowest BCUT2D eigenvalue weighted by molar-refractivity contribution is -0.137. The van der Waals surface area contributed by atoms with Gasteiger partial charge in [0.05, 0.1) is 16.6 Å². The van der Waals surface area contributed by atoms with E-state index in [1.165, 1.54) is 11.6 Å². The number of alkyl halides is 3. The van der Waals surface area contributed by atoms with Crippen LogP contribution in [0.15, 0.2) is 66.7 Å². The van der Waals surface area contributed by atoms with Gasteiger partial charge >= 0.3 is 6.18 Å². The van der Waals surface area contributed by atoms with Gasteiger partial charge in [0, 0.05) is 25.2 Å². The summed E-state index contributed by atoms with van der Waals surface area (Å²) in [7, 11) is 1.93. The molecule has 0 spiro atoms. The molecule has 0 unspecified atom stereocenters. The molecule has 0 aliphatic heterocycles. The largest absolute Gasteiger partial charge is 0.416 e. The Morgan fingerprint density at radius 1 is 0.839 bits per heavy atom. The van der Waals surface area contributed by atoms with Crippen molar-refractivity contribution in [3.63, 3.8) is 0 Å². The summed E-state index contributed by atoms with van der Waals surface area (Å²) in [6.45, 7) is 2.67. The number of hydrogen-bond donors (Lipinski definition) is 3. The third kappa shape index (κ3) is 4.95. The highest BCUT2D eigenvalue weighted by molar-refractivity contribution is 5.80. The summed E-state index contributed by atoms with van der Waals surface area (Å²) in [5, 5.41) is 6.48. The van der Waals surface area contributed by atoms with Crippen molar-refractivity contribution in [3.8, 4) is 22.5 Å². The third-order valence-electron chi connectivity index (χ3n) is 5.14. The number of aromatic amines is 1. The number of rotatable bonds is 7. The van der Waals surface area contributed by atoms with E-state index in [0.29, 0.717) is 16.9 Å². The molecule has 4 aromatic rings. The maximum Gasteiger partial charge on any atom is 0.416 e. The highest BCUT2D eigenvalue weighted by Gasteiger charge is 2.30. The molecule has 4 nitrogen and oxygen atoms in total. The molecular weight excluding hydrogens is 401 g/mol. The van der Waals surface area contributed by atoms with E-state index in [1.54, 1.807) is 0 Å². The molecule has 0 amide bonds. The molecule has 31 heavy (non-hydrogen) atoms. The van der Waals surface area contributed by atoms with Crippen LogP contribution in [0.5, 0.6) is 0 Å². The molecule has 160 valence electrons. The molecule has 3 N–H and O–H groups in total. The van der Waals surface area contributed by atoms with Crippen LogP contribution in [0.1, 0.15) is 11.1 Å². The van der Waals surface area contributed by atoms with Gasteiger partial charge in [-0.05, 0) is 41.9 Å². The van der Waals surface area contributed by atoms with Crippen LogP contribution < -0.4 is 10.6 Å². The van der Waals surface area contributed by atoms with Gasteiger partial charge in [-0.15, -0.1) is 0 Å². The molecule has 1 heterocycles. The third-order valence-corrected chi connectivity index (χ3v) is 5.14. The molecule has 0 saturated carbocycles. The van der Waals surface area contributed by atoms with Crippen LogP contribution in [0, 0.1) is 0 Å². The first kappa shape index (κ1) is 21.1. The number of fused-ring (bicyclic) bond motifs is 1. The Kier molecular flexibility index (Phi) is 6.06. The average molecular weight is 424 g/mol. The predicted octanol–water partition coefficient (Wildman–Crippen LogP) is 5.22. The van der Waals surface area contributed by atoms with Crippen LogP contribution in [0.4, 0.5) is 13.2 Å². The first-order valence-corrected chi connectivity index (χ1v) is 10.1. The smallest absolute Gasteiger partial charge is 0.338 e. The second kappa shape index (κ2) is 8.91. The zero-order chi connectivity index (χ0) is 21.8. The van der Waals surface area contributed by atoms with Crippen LogP contribution in [-0.2, 0) is 12.7 Å². The summed E-state index contributed by atoms with van der Waals surface area (Å²) in [4.78, 5) is 7.42. The van der Waals surface area contributed by atoms with E-state index >= 15 is 0 Å². The fourth-order valence-electron chi connectivity index (χ4n) is 3.40. The minimum absolute atomic E-state index is 0.368. The number of aromatic nitrogens is 2. The van der Waals surface area contributed by atoms with E-state index in [9.17, 15) is 13.2 Å². The molecule has 3 aromatic carbocycles. The highest BCUT2D eigenvalue weighted by atomic mass is 19.4. The Morgan fingerprint density at radius 3 is 2.13 bits per heavy atom. The summed E-state index contributed by atoms with van der Waals surface area (Å²) in [6, 6.07) is 19.7. The van der Waals surface area contributed by atoms with E-state index in [4.69, 9.17) is 0 Å². The number of nitrogens with zero attached hydrogens (tertiary/aromatic N) is 1. The molecule has 0 fully saturated rings. The zero-order valence-corrected chi connectivity index (χ0v) is 17.1. The number of benzene rings is 3. The van der Waals surface area contributed by atoms with Crippen molar-refractivity contribution in [3.05, 3.63) is 77.9 Å². The van der Waals surface area contributed by atoms with Crippen molar-refractivity contribution >= 4 is 11.0 Å². The van der Waals surface area contributed by atoms with E-state index in [0.717, 1.165) is 48.5 Å². The summed E-state index contributed by atoms with van der Waals surface area (Å²) in [5.41, 5.74) is 4.39. The van der Waals surface area contributed by atoms with Crippen molar-refractivity contribution in [1.82, 2.24) is 20.6 Å². The first-order chi connectivity index (χ1) is 14.9. The minimum Gasteiger partial charge on any atom is -0.338 e. The topological polar surface area (TPSA) is 52.7 Å². The monoisotopic (exact) mass is 424 g/mol. The van der Waals surface area contributed by atoms with Crippen LogP contribution >= 0.6 is 0 Å². The van der Waals surface area contributed by atoms with Crippen molar-refractivity contribution in [1.29, 1.82) is 0 Å². The molecular formula is C24H23F3N4. The number of hydrogen-bond acceptors (Lipinski definition) is 3. The van der Waals surface area contributed by atoms with Crippen LogP contribution in [0.3, 0.4) is 0 Å². The van der Waals surface area contributed by atoms with Gasteiger partial charge in [-0.2, -0.15) is 13.2 Å². The van der Waals surface area contributed by atoms with Gasteiger partial charge in [0.25, 0.3) is 0 Å². The maximum atomic E-state index is 12.9. The van der Waals surface area contributed by atoms with Gasteiger partial charge in [-0.3, -0.25) is 0 Å². The number of H-pyrrole nitrogens is 1. The molecule has 0 aliphatic rings. The van der Waals surface area contributed by atoms with Gasteiger partial charge in [0.1, 0.15) is 5.82 Å². The highest BCUT2D eigenvalue weighted by Crippen LogP contribution is 2.32. The molecule has 0 bridgehead atoms. The van der Waals surface area contributed by atoms with Crippen LogP contribution in [-0.4, -0.2) is 30.1 Å². The van der Waals surface area contributed by atoms with Crippen LogP contribution in [0.2, 0.25) is 0 Å². The number of halogens is 3. The number of nitrogens with one attached hydrogen (secondary N) is 3.